The van der Waals surface area contributed by atoms with E-state index in [1.54, 1.807) is 16.2 Å². The van der Waals surface area contributed by atoms with E-state index in [0.29, 0.717) is 19.6 Å². The molecule has 0 radical (unpaired) electrons. The Balaban J connectivity index is 2.16. The molecule has 0 atom stereocenters. The first kappa shape index (κ1) is 22.7. The van der Waals surface area contributed by atoms with E-state index in [2.05, 4.69) is 0 Å². The normalized spacial score (nSPS) is 10.9. The summed E-state index contributed by atoms with van der Waals surface area (Å²) in [4.78, 5) is 29.8. The fourth-order valence-electron chi connectivity index (χ4n) is 2.81. The summed E-state index contributed by atoms with van der Waals surface area (Å²) in [5, 5.41) is 0. The van der Waals surface area contributed by atoms with Crippen molar-refractivity contribution in [3.63, 3.8) is 0 Å². The van der Waals surface area contributed by atoms with Gasteiger partial charge >= 0.3 is 0 Å². The summed E-state index contributed by atoms with van der Waals surface area (Å²) in [5.74, 6) is -0.537. The van der Waals surface area contributed by atoms with Crippen molar-refractivity contribution in [2.45, 2.75) is 44.6 Å². The van der Waals surface area contributed by atoms with E-state index in [1.165, 1.54) is 9.78 Å². The smallest absolute Gasteiger partial charge is 0.256 e. The number of benzene rings is 1. The summed E-state index contributed by atoms with van der Waals surface area (Å²) < 4.78 is 0. The first-order valence-corrected chi connectivity index (χ1v) is 11.0. The van der Waals surface area contributed by atoms with Gasteiger partial charge in [-0.05, 0) is 31.0 Å². The zero-order chi connectivity index (χ0) is 20.5. The highest BCUT2D eigenvalue weighted by Gasteiger charge is 2.25. The van der Waals surface area contributed by atoms with Crippen LogP contribution >= 0.6 is 34.5 Å². The molecule has 4 nitrogen and oxygen atoms in total. The van der Waals surface area contributed by atoms with Gasteiger partial charge < -0.3 is 9.80 Å². The summed E-state index contributed by atoms with van der Waals surface area (Å²) in [5.41, 5.74) is 1.04. The highest BCUT2D eigenvalue weighted by Crippen LogP contribution is 2.19. The van der Waals surface area contributed by atoms with E-state index >= 15 is 0 Å². The lowest BCUT2D eigenvalue weighted by atomic mass is 10.2. The van der Waals surface area contributed by atoms with Crippen molar-refractivity contribution in [3.05, 3.63) is 57.8 Å². The lowest BCUT2D eigenvalue weighted by Crippen LogP contribution is -2.44. The topological polar surface area (TPSA) is 40.6 Å². The van der Waals surface area contributed by atoms with Gasteiger partial charge in [-0.15, -0.1) is 11.3 Å². The zero-order valence-electron chi connectivity index (χ0n) is 16.2. The summed E-state index contributed by atoms with van der Waals surface area (Å²) in [6, 6.07) is 13.9. The molecule has 0 aliphatic heterocycles. The molecule has 0 aliphatic rings. The molecule has 7 heteroatoms. The number of rotatable bonds is 10. The predicted octanol–water partition coefficient (Wildman–Crippen LogP) is 5.02. The number of amides is 2. The maximum Gasteiger partial charge on any atom is 0.256 e. The second-order valence-electron chi connectivity index (χ2n) is 6.66. The molecular weight excluding hydrogens is 415 g/mol. The standard InChI is InChI=1S/C21H26Cl2N2O2S/c1-3-4-12-24(21(27)20(22)23)15-19(26)25(13-17-8-6-5-7-9-17)14-18-11-10-16(2)28-18/h5-11,20H,3-4,12-15H2,1-2H3. The van der Waals surface area contributed by atoms with Crippen molar-refractivity contribution < 1.29 is 9.59 Å². The van der Waals surface area contributed by atoms with Crippen molar-refractivity contribution in [2.24, 2.45) is 0 Å². The first-order valence-electron chi connectivity index (χ1n) is 9.34. The van der Waals surface area contributed by atoms with E-state index in [1.807, 2.05) is 56.3 Å². The molecule has 152 valence electrons. The van der Waals surface area contributed by atoms with Crippen molar-refractivity contribution in [1.29, 1.82) is 0 Å². The number of unbranched alkanes of at least 4 members (excludes halogenated alkanes) is 1. The van der Waals surface area contributed by atoms with Crippen LogP contribution in [0.25, 0.3) is 0 Å². The van der Waals surface area contributed by atoms with Crippen LogP contribution in [0, 0.1) is 6.92 Å². The van der Waals surface area contributed by atoms with Crippen molar-refractivity contribution in [1.82, 2.24) is 9.80 Å². The minimum atomic E-state index is -1.16. The van der Waals surface area contributed by atoms with E-state index < -0.39 is 10.7 Å². The SMILES string of the molecule is CCCCN(CC(=O)N(Cc1ccccc1)Cc1ccc(C)s1)C(=O)C(Cl)Cl. The van der Waals surface area contributed by atoms with Crippen LogP contribution in [0.3, 0.4) is 0 Å². The van der Waals surface area contributed by atoms with Crippen LogP contribution in [0.5, 0.6) is 0 Å². The Morgan fingerprint density at radius 1 is 1.04 bits per heavy atom. The van der Waals surface area contributed by atoms with E-state index in [4.69, 9.17) is 23.2 Å². The molecule has 28 heavy (non-hydrogen) atoms. The van der Waals surface area contributed by atoms with Gasteiger partial charge in [-0.1, -0.05) is 66.9 Å². The van der Waals surface area contributed by atoms with Gasteiger partial charge in [0.2, 0.25) is 5.91 Å². The third-order valence-corrected chi connectivity index (χ3v) is 5.68. The Hall–Kier alpha value is -1.56. The Kier molecular flexibility index (Phi) is 9.29. The Morgan fingerprint density at radius 3 is 2.32 bits per heavy atom. The van der Waals surface area contributed by atoms with Gasteiger partial charge in [0.05, 0.1) is 13.1 Å². The number of hydrogen-bond acceptors (Lipinski definition) is 3. The van der Waals surface area contributed by atoms with Crippen molar-refractivity contribution in [2.75, 3.05) is 13.1 Å². The average Bonchev–Trinajstić information content (AvgIpc) is 3.09. The minimum Gasteiger partial charge on any atom is -0.332 e. The molecule has 0 saturated heterocycles. The number of carbonyl (C=O) groups excluding carboxylic acids is 2. The van der Waals surface area contributed by atoms with Crippen molar-refractivity contribution >= 4 is 46.4 Å². The fraction of sp³-hybridized carbons (Fsp3) is 0.429. The molecule has 0 bridgehead atoms. The Bertz CT molecular complexity index is 765. The van der Waals surface area contributed by atoms with Crippen LogP contribution in [0.4, 0.5) is 0 Å². The van der Waals surface area contributed by atoms with E-state index in [0.717, 1.165) is 23.3 Å². The molecule has 0 spiro atoms. The van der Waals surface area contributed by atoms with E-state index in [-0.39, 0.29) is 12.5 Å². The average molecular weight is 441 g/mol. The van der Waals surface area contributed by atoms with Gasteiger partial charge in [0.1, 0.15) is 0 Å². The zero-order valence-corrected chi connectivity index (χ0v) is 18.6. The highest BCUT2D eigenvalue weighted by molar-refractivity contribution is 7.11. The number of aryl methyl sites for hydroxylation is 1. The van der Waals surface area contributed by atoms with Crippen molar-refractivity contribution in [3.8, 4) is 0 Å². The lowest BCUT2D eigenvalue weighted by molar-refractivity contribution is -0.140. The molecule has 2 amide bonds. The molecule has 1 aromatic carbocycles. The molecule has 0 unspecified atom stereocenters. The molecule has 0 fully saturated rings. The second-order valence-corrected chi connectivity index (χ2v) is 9.13. The fourth-order valence-corrected chi connectivity index (χ4v) is 3.99. The maximum atomic E-state index is 13.1. The highest BCUT2D eigenvalue weighted by atomic mass is 35.5. The molecule has 0 N–H and O–H groups in total. The number of halogens is 2. The van der Waals surface area contributed by atoms with Gasteiger partial charge in [0.15, 0.2) is 4.84 Å². The molecular formula is C21H26Cl2N2O2S. The van der Waals surface area contributed by atoms with Gasteiger partial charge in [0.25, 0.3) is 5.91 Å². The molecule has 2 aromatic rings. The minimum absolute atomic E-state index is 0.0219. The van der Waals surface area contributed by atoms with Crippen LogP contribution in [-0.4, -0.2) is 39.5 Å². The lowest BCUT2D eigenvalue weighted by Gasteiger charge is -2.28. The third kappa shape index (κ3) is 7.12. The van der Waals surface area contributed by atoms with Crippen LogP contribution in [0.2, 0.25) is 0 Å². The quantitative estimate of drug-likeness (QED) is 0.486. The van der Waals surface area contributed by atoms with Crippen LogP contribution < -0.4 is 0 Å². The van der Waals surface area contributed by atoms with Crippen LogP contribution in [0.15, 0.2) is 42.5 Å². The third-order valence-electron chi connectivity index (χ3n) is 4.32. The number of hydrogen-bond donors (Lipinski definition) is 0. The van der Waals surface area contributed by atoms with Gasteiger partial charge in [-0.3, -0.25) is 9.59 Å². The van der Waals surface area contributed by atoms with Crippen LogP contribution in [-0.2, 0) is 22.7 Å². The molecule has 1 heterocycles. The maximum absolute atomic E-state index is 13.1. The number of alkyl halides is 2. The molecule has 2 rings (SSSR count). The molecule has 0 saturated carbocycles. The number of nitrogens with zero attached hydrogens (tertiary/aromatic N) is 2. The predicted molar refractivity (Wildman–Crippen MR) is 117 cm³/mol. The summed E-state index contributed by atoms with van der Waals surface area (Å²) in [6.07, 6.45) is 1.71. The largest absolute Gasteiger partial charge is 0.332 e. The van der Waals surface area contributed by atoms with E-state index in [9.17, 15) is 9.59 Å². The summed E-state index contributed by atoms with van der Waals surface area (Å²) >= 11 is 13.2. The summed E-state index contributed by atoms with van der Waals surface area (Å²) in [7, 11) is 0. The first-order chi connectivity index (χ1) is 13.4. The second kappa shape index (κ2) is 11.4. The molecule has 1 aromatic heterocycles. The van der Waals surface area contributed by atoms with Gasteiger partial charge in [-0.2, -0.15) is 0 Å². The molecule has 0 aliphatic carbocycles. The van der Waals surface area contributed by atoms with Gasteiger partial charge in [0, 0.05) is 22.8 Å². The summed E-state index contributed by atoms with van der Waals surface area (Å²) in [6.45, 7) is 5.51. The Morgan fingerprint density at radius 2 is 1.75 bits per heavy atom. The number of thiophene rings is 1. The van der Waals surface area contributed by atoms with Crippen LogP contribution in [0.1, 0.15) is 35.1 Å². The Labute approximate surface area is 181 Å². The number of carbonyl (C=O) groups is 2. The monoisotopic (exact) mass is 440 g/mol. The van der Waals surface area contributed by atoms with Gasteiger partial charge in [-0.25, -0.2) is 0 Å².